The normalized spacial score (nSPS) is 22.9. The number of ether oxygens (including phenoxy) is 2. The molecule has 0 bridgehead atoms. The highest BCUT2D eigenvalue weighted by molar-refractivity contribution is 7.94. The Bertz CT molecular complexity index is 1380. The van der Waals surface area contributed by atoms with Gasteiger partial charge < -0.3 is 29.2 Å². The molecule has 12 heteroatoms. The van der Waals surface area contributed by atoms with Crippen molar-refractivity contribution in [1.82, 2.24) is 9.62 Å². The molecule has 3 N–H and O–H groups in total. The SMILES string of the molecule is Cc1ccc([C@H](N=C2NS(=O)(=O)C(C3OC(C)O3)=C2Nc2cccc(C(=O)N(C)C)c2O)C(C)(C)C)o1. The van der Waals surface area contributed by atoms with E-state index in [1.807, 2.05) is 33.8 Å². The second kappa shape index (κ2) is 9.51. The van der Waals surface area contributed by atoms with Crippen molar-refractivity contribution in [2.75, 3.05) is 19.4 Å². The molecule has 1 atom stereocenters. The fourth-order valence-corrected chi connectivity index (χ4v) is 5.33. The minimum Gasteiger partial charge on any atom is -0.505 e. The van der Waals surface area contributed by atoms with Crippen molar-refractivity contribution in [1.29, 1.82) is 0 Å². The topological polar surface area (TPSA) is 143 Å². The number of carbonyl (C=O) groups excluding carboxylic acids is 1. The van der Waals surface area contributed by atoms with Gasteiger partial charge >= 0.3 is 0 Å². The third kappa shape index (κ3) is 5.22. The van der Waals surface area contributed by atoms with Crippen LogP contribution in [0, 0.1) is 12.3 Å². The predicted molar refractivity (Wildman–Crippen MR) is 137 cm³/mol. The lowest BCUT2D eigenvalue weighted by Gasteiger charge is -2.34. The highest BCUT2D eigenvalue weighted by atomic mass is 32.2. The van der Waals surface area contributed by atoms with Gasteiger partial charge in [-0.25, -0.2) is 8.42 Å². The van der Waals surface area contributed by atoms with Crippen LogP contribution in [-0.4, -0.2) is 56.8 Å². The van der Waals surface area contributed by atoms with Crippen LogP contribution >= 0.6 is 0 Å². The van der Waals surface area contributed by atoms with Crippen molar-refractivity contribution in [3.8, 4) is 5.75 Å². The Balaban J connectivity index is 1.86. The van der Waals surface area contributed by atoms with Crippen LogP contribution in [0.5, 0.6) is 5.75 Å². The molecule has 3 heterocycles. The van der Waals surface area contributed by atoms with E-state index in [1.54, 1.807) is 33.2 Å². The molecule has 1 fully saturated rings. The van der Waals surface area contributed by atoms with Crippen LogP contribution in [0.4, 0.5) is 5.69 Å². The van der Waals surface area contributed by atoms with Gasteiger partial charge in [-0.1, -0.05) is 26.8 Å². The van der Waals surface area contributed by atoms with Gasteiger partial charge in [0.25, 0.3) is 15.9 Å². The second-order valence-corrected chi connectivity index (χ2v) is 11.9. The van der Waals surface area contributed by atoms with E-state index in [-0.39, 0.29) is 33.4 Å². The zero-order valence-corrected chi connectivity index (χ0v) is 22.6. The molecule has 2 aliphatic rings. The summed E-state index contributed by atoms with van der Waals surface area (Å²) in [6, 6.07) is 7.64. The van der Waals surface area contributed by atoms with Gasteiger partial charge in [-0.05, 0) is 43.5 Å². The number of nitrogens with one attached hydrogen (secondary N) is 2. The zero-order valence-electron chi connectivity index (χ0n) is 21.8. The summed E-state index contributed by atoms with van der Waals surface area (Å²) in [4.78, 5) is 18.4. The first-order valence-corrected chi connectivity index (χ1v) is 13.2. The minimum atomic E-state index is -4.11. The van der Waals surface area contributed by atoms with Crippen molar-refractivity contribution < 1.29 is 32.2 Å². The Hall–Kier alpha value is -3.35. The summed E-state index contributed by atoms with van der Waals surface area (Å²) in [6.07, 6.45) is -1.76. The number of anilines is 1. The summed E-state index contributed by atoms with van der Waals surface area (Å²) < 4.78 is 45.9. The van der Waals surface area contributed by atoms with Gasteiger partial charge in [0.2, 0.25) is 6.29 Å². The average molecular weight is 533 g/mol. The van der Waals surface area contributed by atoms with E-state index in [1.165, 1.54) is 17.0 Å². The summed E-state index contributed by atoms with van der Waals surface area (Å²) in [5, 5.41) is 13.9. The number of sulfonamides is 1. The average Bonchev–Trinajstić information content (AvgIpc) is 3.29. The molecule has 0 radical (unpaired) electrons. The van der Waals surface area contributed by atoms with Gasteiger partial charge in [-0.15, -0.1) is 0 Å². The Morgan fingerprint density at radius 1 is 1.19 bits per heavy atom. The summed E-state index contributed by atoms with van der Waals surface area (Å²) >= 11 is 0. The molecule has 0 unspecified atom stereocenters. The largest absolute Gasteiger partial charge is 0.505 e. The van der Waals surface area contributed by atoms with Gasteiger partial charge in [-0.2, -0.15) is 0 Å². The van der Waals surface area contributed by atoms with Crippen molar-refractivity contribution in [3.63, 3.8) is 0 Å². The number of phenolic OH excluding ortho intramolecular Hbond substituents is 1. The van der Waals surface area contributed by atoms with Crippen LogP contribution in [0.2, 0.25) is 0 Å². The van der Waals surface area contributed by atoms with Crippen LogP contribution in [0.15, 0.2) is 50.3 Å². The van der Waals surface area contributed by atoms with Crippen LogP contribution in [0.1, 0.15) is 55.6 Å². The Labute approximate surface area is 216 Å². The number of nitrogens with zero attached hydrogens (tertiary/aromatic N) is 2. The maximum Gasteiger partial charge on any atom is 0.266 e. The molecule has 1 aromatic heterocycles. The first-order chi connectivity index (χ1) is 17.2. The number of aryl methyl sites for hydroxylation is 1. The molecule has 1 aromatic carbocycles. The number of furan rings is 1. The molecule has 0 spiro atoms. The van der Waals surface area contributed by atoms with E-state index in [0.29, 0.717) is 11.5 Å². The molecule has 2 aromatic rings. The van der Waals surface area contributed by atoms with Crippen LogP contribution in [0.3, 0.4) is 0 Å². The molecule has 1 amide bonds. The second-order valence-electron chi connectivity index (χ2n) is 10.2. The maximum atomic E-state index is 13.2. The van der Waals surface area contributed by atoms with E-state index < -0.39 is 40.0 Å². The highest BCUT2D eigenvalue weighted by Crippen LogP contribution is 2.40. The number of aromatic hydroxyl groups is 1. The van der Waals surface area contributed by atoms with E-state index >= 15 is 0 Å². The number of amides is 1. The number of aliphatic imine (C=N–C) groups is 1. The van der Waals surface area contributed by atoms with Gasteiger partial charge in [0.05, 0.1) is 11.3 Å². The number of hydrogen-bond donors (Lipinski definition) is 3. The Morgan fingerprint density at radius 2 is 1.86 bits per heavy atom. The Kier molecular flexibility index (Phi) is 6.86. The van der Waals surface area contributed by atoms with Gasteiger partial charge in [0.15, 0.2) is 17.9 Å². The van der Waals surface area contributed by atoms with Gasteiger partial charge in [0.1, 0.15) is 28.2 Å². The quantitative estimate of drug-likeness (QED) is 0.480. The lowest BCUT2D eigenvalue weighted by molar-refractivity contribution is -0.356. The van der Waals surface area contributed by atoms with Crippen LogP contribution in [0.25, 0.3) is 0 Å². The number of amidine groups is 1. The predicted octanol–water partition coefficient (Wildman–Crippen LogP) is 3.46. The van der Waals surface area contributed by atoms with E-state index in [0.717, 1.165) is 0 Å². The van der Waals surface area contributed by atoms with E-state index in [2.05, 4.69) is 10.0 Å². The number of rotatable bonds is 6. The minimum absolute atomic E-state index is 0.000490. The molecule has 4 rings (SSSR count). The lowest BCUT2D eigenvalue weighted by Crippen LogP contribution is -2.42. The molecule has 11 nitrogen and oxygen atoms in total. The van der Waals surface area contributed by atoms with E-state index in [4.69, 9.17) is 18.9 Å². The molecule has 1 saturated heterocycles. The smallest absolute Gasteiger partial charge is 0.266 e. The summed E-state index contributed by atoms with van der Waals surface area (Å²) in [7, 11) is -0.980. The monoisotopic (exact) mass is 532 g/mol. The number of carbonyl (C=O) groups is 1. The zero-order chi connectivity index (χ0) is 27.3. The van der Waals surface area contributed by atoms with Crippen molar-refractivity contribution in [2.45, 2.75) is 53.2 Å². The number of phenols is 1. The third-order valence-corrected chi connectivity index (χ3v) is 7.33. The standard InChI is InChI=1S/C25H32N4O7S/c1-13-11-12-17(34-13)21(25(3,4)5)27-22-18(20(37(32,33)28-22)24-35-14(2)36-24)26-16-10-8-9-15(19(16)30)23(31)29(6)7/h8-12,14,21,24,26,30H,1-7H3,(H,27,28)/t14?,21-,24?/m0/s1. The summed E-state index contributed by atoms with van der Waals surface area (Å²) in [5.74, 6) is 0.509. The number of hydrogen-bond acceptors (Lipinski definition) is 9. The third-order valence-electron chi connectivity index (χ3n) is 5.89. The van der Waals surface area contributed by atoms with Crippen molar-refractivity contribution in [3.05, 3.63) is 58.0 Å². The lowest BCUT2D eigenvalue weighted by atomic mass is 9.85. The van der Waals surface area contributed by atoms with Crippen molar-refractivity contribution in [2.24, 2.45) is 10.4 Å². The van der Waals surface area contributed by atoms with Crippen molar-refractivity contribution >= 4 is 27.5 Å². The fourth-order valence-electron chi connectivity index (χ4n) is 4.03. The first kappa shape index (κ1) is 26.7. The molecule has 0 aliphatic carbocycles. The van der Waals surface area contributed by atoms with E-state index in [9.17, 15) is 18.3 Å². The number of para-hydroxylation sites is 1. The van der Waals surface area contributed by atoms with Gasteiger partial charge in [0, 0.05) is 14.1 Å². The first-order valence-electron chi connectivity index (χ1n) is 11.7. The molecule has 37 heavy (non-hydrogen) atoms. The maximum absolute atomic E-state index is 13.2. The van der Waals surface area contributed by atoms with Crippen LogP contribution in [-0.2, 0) is 19.5 Å². The molecule has 0 saturated carbocycles. The number of benzene rings is 1. The van der Waals surface area contributed by atoms with Gasteiger partial charge in [-0.3, -0.25) is 14.5 Å². The Morgan fingerprint density at radius 3 is 2.41 bits per heavy atom. The van der Waals surface area contributed by atoms with Crippen LogP contribution < -0.4 is 10.0 Å². The molecule has 2 aliphatic heterocycles. The fraction of sp³-hybridized carbons (Fsp3) is 0.440. The molecular weight excluding hydrogens is 500 g/mol. The highest BCUT2D eigenvalue weighted by Gasteiger charge is 2.46. The summed E-state index contributed by atoms with van der Waals surface area (Å²) in [5.41, 5.74) is -0.248. The molecule has 200 valence electrons. The molecular formula is C25H32N4O7S. The summed E-state index contributed by atoms with van der Waals surface area (Å²) in [6.45, 7) is 9.34.